The molecule has 5 unspecified atom stereocenters. The molecule has 0 saturated heterocycles. The summed E-state index contributed by atoms with van der Waals surface area (Å²) in [5, 5.41) is 40.8. The number of hydrogen-bond donors (Lipinski definition) is 3. The van der Waals surface area contributed by atoms with E-state index < -0.39 is 23.4 Å². The van der Waals surface area contributed by atoms with Crippen molar-refractivity contribution in [3.8, 4) is 5.75 Å². The molecule has 3 rings (SSSR count). The van der Waals surface area contributed by atoms with Gasteiger partial charge in [0, 0.05) is 6.42 Å². The van der Waals surface area contributed by atoms with E-state index in [9.17, 15) is 30.2 Å². The van der Waals surface area contributed by atoms with Crippen molar-refractivity contribution in [2.75, 3.05) is 0 Å². The van der Waals surface area contributed by atoms with Gasteiger partial charge in [0.25, 0.3) is 5.09 Å². The standard InChI is InChI=1S/C30H39NO8/c32-24(15-12-22-8-4-3-5-9-22)16-19-27-26(28(33)20-29(27)34)10-6-1-2-7-11-30(35)39-25-17-13-23(14-18-25)21-38-31(36)37/h1,3-6,8-9,13-14,17-18,24,26-29,32-34H,2,7,10-12,15-16,19-21H2/b6-1+. The monoisotopic (exact) mass is 541 g/mol. The van der Waals surface area contributed by atoms with Crippen LogP contribution in [-0.4, -0.2) is 44.7 Å². The minimum Gasteiger partial charge on any atom is -0.427 e. The number of esters is 1. The molecule has 9 heteroatoms. The third kappa shape index (κ3) is 10.8. The van der Waals surface area contributed by atoms with Crippen molar-refractivity contribution in [3.05, 3.63) is 88.0 Å². The summed E-state index contributed by atoms with van der Waals surface area (Å²) in [5.74, 6) is -0.104. The molecule has 0 aromatic heterocycles. The minimum atomic E-state index is -0.861. The fourth-order valence-electron chi connectivity index (χ4n) is 5.11. The highest BCUT2D eigenvalue weighted by Gasteiger charge is 2.40. The fraction of sp³-hybridized carbons (Fsp3) is 0.500. The number of aryl methyl sites for hydroxylation is 1. The Bertz CT molecular complexity index is 1040. The Morgan fingerprint density at radius 3 is 2.44 bits per heavy atom. The predicted octanol–water partition coefficient (Wildman–Crippen LogP) is 4.55. The first kappa shape index (κ1) is 30.3. The summed E-state index contributed by atoms with van der Waals surface area (Å²) in [4.78, 5) is 26.6. The lowest BCUT2D eigenvalue weighted by atomic mass is 9.85. The van der Waals surface area contributed by atoms with E-state index in [2.05, 4.69) is 17.0 Å². The maximum atomic E-state index is 12.1. The van der Waals surface area contributed by atoms with Crippen LogP contribution in [0.15, 0.2) is 66.7 Å². The van der Waals surface area contributed by atoms with E-state index in [1.165, 1.54) is 5.56 Å². The number of benzene rings is 2. The maximum absolute atomic E-state index is 12.1. The number of allylic oxidation sites excluding steroid dienone is 2. The molecule has 1 aliphatic rings. The molecule has 9 nitrogen and oxygen atoms in total. The fourth-order valence-corrected chi connectivity index (χ4v) is 5.11. The van der Waals surface area contributed by atoms with E-state index >= 15 is 0 Å². The van der Waals surface area contributed by atoms with Crippen molar-refractivity contribution in [2.24, 2.45) is 11.8 Å². The summed E-state index contributed by atoms with van der Waals surface area (Å²) in [5.41, 5.74) is 1.79. The second-order valence-corrected chi connectivity index (χ2v) is 10.2. The first-order valence-electron chi connectivity index (χ1n) is 13.6. The molecule has 2 aromatic rings. The molecule has 1 aliphatic carbocycles. The number of carbonyl (C=O) groups is 1. The SMILES string of the molecule is O=C(CCC/C=C/CC1C(O)CC(O)C1CCC(O)CCc1ccccc1)Oc1ccc(CO[N+](=O)[O-])cc1. The van der Waals surface area contributed by atoms with E-state index in [4.69, 9.17) is 4.74 Å². The van der Waals surface area contributed by atoms with Gasteiger partial charge in [0.1, 0.15) is 12.4 Å². The van der Waals surface area contributed by atoms with Crippen LogP contribution in [0, 0.1) is 22.0 Å². The lowest BCUT2D eigenvalue weighted by Crippen LogP contribution is -2.23. The van der Waals surface area contributed by atoms with Crippen LogP contribution < -0.4 is 4.74 Å². The third-order valence-corrected chi connectivity index (χ3v) is 7.28. The number of rotatable bonds is 16. The van der Waals surface area contributed by atoms with Crippen molar-refractivity contribution < 1.29 is 34.8 Å². The van der Waals surface area contributed by atoms with Gasteiger partial charge >= 0.3 is 5.97 Å². The molecule has 0 spiro atoms. The molecule has 212 valence electrons. The van der Waals surface area contributed by atoms with Crippen molar-refractivity contribution in [1.29, 1.82) is 0 Å². The number of unbranched alkanes of at least 4 members (excludes halogenated alkanes) is 1. The molecule has 5 atom stereocenters. The van der Waals surface area contributed by atoms with Crippen LogP contribution >= 0.6 is 0 Å². The number of ether oxygens (including phenoxy) is 1. The molecule has 0 radical (unpaired) electrons. The predicted molar refractivity (Wildman–Crippen MR) is 145 cm³/mol. The highest BCUT2D eigenvalue weighted by molar-refractivity contribution is 5.72. The number of nitrogens with zero attached hydrogens (tertiary/aromatic N) is 1. The van der Waals surface area contributed by atoms with Crippen molar-refractivity contribution in [2.45, 2.75) is 82.7 Å². The van der Waals surface area contributed by atoms with Gasteiger partial charge in [-0.05, 0) is 86.5 Å². The van der Waals surface area contributed by atoms with Crippen LogP contribution in [0.1, 0.15) is 62.5 Å². The number of hydrogen-bond acceptors (Lipinski definition) is 8. The van der Waals surface area contributed by atoms with Gasteiger partial charge in [-0.3, -0.25) is 4.79 Å². The highest BCUT2D eigenvalue weighted by Crippen LogP contribution is 2.38. The zero-order valence-corrected chi connectivity index (χ0v) is 22.1. The van der Waals surface area contributed by atoms with E-state index in [0.717, 1.165) is 6.42 Å². The van der Waals surface area contributed by atoms with E-state index in [1.807, 2.05) is 30.4 Å². The first-order chi connectivity index (χ1) is 18.8. The molecule has 39 heavy (non-hydrogen) atoms. The smallest absolute Gasteiger partial charge is 0.311 e. The maximum Gasteiger partial charge on any atom is 0.311 e. The van der Waals surface area contributed by atoms with E-state index in [-0.39, 0.29) is 30.8 Å². The summed E-state index contributed by atoms with van der Waals surface area (Å²) in [6.07, 6.45) is 7.70. The summed E-state index contributed by atoms with van der Waals surface area (Å²) in [6.45, 7) is -0.165. The van der Waals surface area contributed by atoms with Crippen LogP contribution in [0.3, 0.4) is 0 Å². The van der Waals surface area contributed by atoms with Crippen LogP contribution in [0.5, 0.6) is 5.75 Å². The average Bonchev–Trinajstić information content (AvgIpc) is 3.19. The van der Waals surface area contributed by atoms with Gasteiger partial charge in [0.15, 0.2) is 0 Å². The van der Waals surface area contributed by atoms with Crippen molar-refractivity contribution in [1.82, 2.24) is 0 Å². The Morgan fingerprint density at radius 2 is 1.72 bits per heavy atom. The topological polar surface area (TPSA) is 139 Å². The number of aliphatic hydroxyl groups is 3. The Labute approximate surface area is 229 Å². The average molecular weight is 542 g/mol. The molecule has 3 N–H and O–H groups in total. The van der Waals surface area contributed by atoms with E-state index in [1.54, 1.807) is 24.3 Å². The zero-order valence-electron chi connectivity index (χ0n) is 22.1. The van der Waals surface area contributed by atoms with Crippen LogP contribution in [0.2, 0.25) is 0 Å². The summed E-state index contributed by atoms with van der Waals surface area (Å²) >= 11 is 0. The Hall–Kier alpha value is -3.27. The summed E-state index contributed by atoms with van der Waals surface area (Å²) in [7, 11) is 0. The quantitative estimate of drug-likeness (QED) is 0.0702. The van der Waals surface area contributed by atoms with Crippen molar-refractivity contribution in [3.63, 3.8) is 0 Å². The third-order valence-electron chi connectivity index (χ3n) is 7.28. The molecule has 0 aliphatic heterocycles. The van der Waals surface area contributed by atoms with Crippen LogP contribution in [0.25, 0.3) is 0 Å². The van der Waals surface area contributed by atoms with Gasteiger partial charge in [-0.1, -0.05) is 54.6 Å². The van der Waals surface area contributed by atoms with Crippen molar-refractivity contribution >= 4 is 5.97 Å². The second kappa shape index (κ2) is 16.0. The second-order valence-electron chi connectivity index (χ2n) is 10.2. The van der Waals surface area contributed by atoms with Gasteiger partial charge in [-0.25, -0.2) is 0 Å². The van der Waals surface area contributed by atoms with Crippen LogP contribution in [-0.2, 0) is 22.7 Å². The molecule has 0 bridgehead atoms. The molecule has 0 heterocycles. The van der Waals surface area contributed by atoms with E-state index in [0.29, 0.717) is 56.3 Å². The normalized spacial score (nSPS) is 21.6. The summed E-state index contributed by atoms with van der Waals surface area (Å²) in [6, 6.07) is 16.4. The molecule has 0 amide bonds. The number of aliphatic hydroxyl groups excluding tert-OH is 3. The van der Waals surface area contributed by atoms with Gasteiger partial charge < -0.3 is 24.9 Å². The van der Waals surface area contributed by atoms with Gasteiger partial charge in [0.05, 0.1) is 18.3 Å². The molecule has 1 fully saturated rings. The zero-order chi connectivity index (χ0) is 28.0. The molecule has 2 aromatic carbocycles. The Morgan fingerprint density at radius 1 is 1.00 bits per heavy atom. The summed E-state index contributed by atoms with van der Waals surface area (Å²) < 4.78 is 5.29. The van der Waals surface area contributed by atoms with Gasteiger partial charge in [-0.2, -0.15) is 0 Å². The molecule has 1 saturated carbocycles. The molecular formula is C30H39NO8. The highest BCUT2D eigenvalue weighted by atomic mass is 16.9. The molecular weight excluding hydrogens is 502 g/mol. The van der Waals surface area contributed by atoms with Gasteiger partial charge in [0.2, 0.25) is 0 Å². The lowest BCUT2D eigenvalue weighted by Gasteiger charge is -2.23. The Kier molecular flexibility index (Phi) is 12.4. The largest absolute Gasteiger partial charge is 0.427 e. The first-order valence-corrected chi connectivity index (χ1v) is 13.6. The lowest BCUT2D eigenvalue weighted by molar-refractivity contribution is -0.763. The van der Waals surface area contributed by atoms with Crippen LogP contribution in [0.4, 0.5) is 0 Å². The number of carbonyl (C=O) groups excluding carboxylic acids is 1. The Balaban J connectivity index is 1.33. The van der Waals surface area contributed by atoms with Gasteiger partial charge in [-0.15, -0.1) is 10.1 Å². The minimum absolute atomic E-state index is 0.0523.